The third kappa shape index (κ3) is 3.74. The summed E-state index contributed by atoms with van der Waals surface area (Å²) >= 11 is 1.66. The summed E-state index contributed by atoms with van der Waals surface area (Å²) in [6, 6.07) is 8.64. The molecule has 1 aliphatic rings. The number of benzene rings is 1. The van der Waals surface area contributed by atoms with Crippen LogP contribution in [-0.2, 0) is 0 Å². The van der Waals surface area contributed by atoms with E-state index >= 15 is 0 Å². The van der Waals surface area contributed by atoms with Gasteiger partial charge in [-0.2, -0.15) is 5.26 Å². The van der Waals surface area contributed by atoms with Crippen molar-refractivity contribution in [2.75, 3.05) is 24.2 Å². The number of hydrogen-bond donors (Lipinski definition) is 0. The monoisotopic (exact) mass is 302 g/mol. The van der Waals surface area contributed by atoms with Crippen LogP contribution in [0, 0.1) is 22.7 Å². The average molecular weight is 302 g/mol. The molecule has 114 valence electrons. The molecule has 21 heavy (non-hydrogen) atoms. The van der Waals surface area contributed by atoms with Gasteiger partial charge in [-0.05, 0) is 49.0 Å². The van der Waals surface area contributed by atoms with E-state index in [9.17, 15) is 5.26 Å². The maximum absolute atomic E-state index is 9.52. The Morgan fingerprint density at radius 2 is 2.00 bits per heavy atom. The Morgan fingerprint density at radius 1 is 1.24 bits per heavy atom. The zero-order valence-corrected chi connectivity index (χ0v) is 14.5. The van der Waals surface area contributed by atoms with Crippen molar-refractivity contribution in [3.05, 3.63) is 23.8 Å². The maximum Gasteiger partial charge on any atom is 0.103 e. The molecule has 0 radical (unpaired) electrons. The van der Waals surface area contributed by atoms with E-state index in [-0.39, 0.29) is 0 Å². The normalized spacial score (nSPS) is 20.0. The summed E-state index contributed by atoms with van der Waals surface area (Å²) < 4.78 is 0. The summed E-state index contributed by atoms with van der Waals surface area (Å²) in [5.41, 5.74) is 2.35. The van der Waals surface area contributed by atoms with Gasteiger partial charge in [0.15, 0.2) is 0 Å². The molecule has 1 aliphatic heterocycles. The number of nitriles is 1. The van der Waals surface area contributed by atoms with Crippen molar-refractivity contribution in [1.29, 1.82) is 5.26 Å². The lowest BCUT2D eigenvalue weighted by Gasteiger charge is -2.30. The summed E-state index contributed by atoms with van der Waals surface area (Å²) in [5.74, 6) is 0.775. The fourth-order valence-electron chi connectivity index (χ4n) is 3.27. The molecule has 0 bridgehead atoms. The van der Waals surface area contributed by atoms with Crippen LogP contribution in [0.3, 0.4) is 0 Å². The highest BCUT2D eigenvalue weighted by molar-refractivity contribution is 7.98. The molecule has 0 spiro atoms. The van der Waals surface area contributed by atoms with E-state index in [1.54, 1.807) is 11.8 Å². The molecule has 1 aromatic rings. The Bertz CT molecular complexity index is 525. The van der Waals surface area contributed by atoms with Gasteiger partial charge in [0.05, 0.1) is 11.3 Å². The van der Waals surface area contributed by atoms with Gasteiger partial charge in [-0.15, -0.1) is 11.8 Å². The second kappa shape index (κ2) is 6.75. The Kier molecular flexibility index (Phi) is 5.22. The summed E-state index contributed by atoms with van der Waals surface area (Å²) in [6.07, 6.45) is 5.77. The smallest absolute Gasteiger partial charge is 0.103 e. The van der Waals surface area contributed by atoms with Gasteiger partial charge in [0.2, 0.25) is 0 Å². The second-order valence-corrected chi connectivity index (χ2v) is 7.80. The topological polar surface area (TPSA) is 27.0 Å². The van der Waals surface area contributed by atoms with Gasteiger partial charge in [-0.3, -0.25) is 0 Å². The van der Waals surface area contributed by atoms with Crippen LogP contribution in [0.25, 0.3) is 0 Å². The highest BCUT2D eigenvalue weighted by Crippen LogP contribution is 2.36. The first-order valence-corrected chi connectivity index (χ1v) is 9.02. The molecule has 1 saturated heterocycles. The Hall–Kier alpha value is -1.14. The predicted molar refractivity (Wildman–Crippen MR) is 91.9 cm³/mol. The van der Waals surface area contributed by atoms with Crippen molar-refractivity contribution in [2.24, 2.45) is 11.3 Å². The van der Waals surface area contributed by atoms with E-state index in [2.05, 4.69) is 43.9 Å². The standard InChI is InChI=1S/C18H26N2S/c1-18(2,3)14-7-6-11-20(12-10-14)16-8-5-9-17(21-4)15(16)13-19/h5,8-9,14H,6-7,10-12H2,1-4H3. The van der Waals surface area contributed by atoms with Crippen LogP contribution in [0.15, 0.2) is 23.1 Å². The predicted octanol–water partition coefficient (Wildman–Crippen LogP) is 4.93. The number of thioether (sulfide) groups is 1. The Labute approximate surface area is 133 Å². The molecular formula is C18H26N2S. The van der Waals surface area contributed by atoms with Crippen molar-refractivity contribution in [3.63, 3.8) is 0 Å². The van der Waals surface area contributed by atoms with E-state index in [0.29, 0.717) is 5.41 Å². The third-order valence-corrected chi connectivity index (χ3v) is 5.41. The largest absolute Gasteiger partial charge is 0.370 e. The van der Waals surface area contributed by atoms with Gasteiger partial charge >= 0.3 is 0 Å². The van der Waals surface area contributed by atoms with Crippen LogP contribution in [0.2, 0.25) is 0 Å². The van der Waals surface area contributed by atoms with Crippen LogP contribution in [0.5, 0.6) is 0 Å². The molecule has 0 amide bonds. The average Bonchev–Trinajstić information content (AvgIpc) is 2.71. The van der Waals surface area contributed by atoms with E-state index in [1.807, 2.05) is 12.3 Å². The fraction of sp³-hybridized carbons (Fsp3) is 0.611. The molecule has 3 heteroatoms. The summed E-state index contributed by atoms with van der Waals surface area (Å²) in [4.78, 5) is 3.51. The van der Waals surface area contributed by atoms with Gasteiger partial charge in [-0.25, -0.2) is 0 Å². The molecule has 2 nitrogen and oxygen atoms in total. The molecule has 1 heterocycles. The minimum Gasteiger partial charge on any atom is -0.370 e. The van der Waals surface area contributed by atoms with E-state index in [1.165, 1.54) is 19.3 Å². The molecule has 0 N–H and O–H groups in total. The van der Waals surface area contributed by atoms with Crippen LogP contribution >= 0.6 is 11.8 Å². The van der Waals surface area contributed by atoms with Gasteiger partial charge in [0.1, 0.15) is 6.07 Å². The second-order valence-electron chi connectivity index (χ2n) is 6.95. The molecule has 0 saturated carbocycles. The Balaban J connectivity index is 2.22. The van der Waals surface area contributed by atoms with Crippen molar-refractivity contribution in [3.8, 4) is 6.07 Å². The van der Waals surface area contributed by atoms with Crippen LogP contribution in [0.4, 0.5) is 5.69 Å². The van der Waals surface area contributed by atoms with Gasteiger partial charge in [0, 0.05) is 18.0 Å². The summed E-state index contributed by atoms with van der Waals surface area (Å²) in [6.45, 7) is 9.18. The quantitative estimate of drug-likeness (QED) is 0.725. The Morgan fingerprint density at radius 3 is 2.62 bits per heavy atom. The minimum atomic E-state index is 0.384. The molecular weight excluding hydrogens is 276 g/mol. The lowest BCUT2D eigenvalue weighted by molar-refractivity contribution is 0.220. The lowest BCUT2D eigenvalue weighted by Crippen LogP contribution is -2.26. The summed E-state index contributed by atoms with van der Waals surface area (Å²) in [5, 5.41) is 9.52. The molecule has 1 atom stereocenters. The van der Waals surface area contributed by atoms with E-state index in [0.717, 1.165) is 35.2 Å². The van der Waals surface area contributed by atoms with Crippen molar-refractivity contribution in [1.82, 2.24) is 0 Å². The highest BCUT2D eigenvalue weighted by atomic mass is 32.2. The van der Waals surface area contributed by atoms with E-state index in [4.69, 9.17) is 0 Å². The van der Waals surface area contributed by atoms with Gasteiger partial charge in [0.25, 0.3) is 0 Å². The summed E-state index contributed by atoms with van der Waals surface area (Å²) in [7, 11) is 0. The maximum atomic E-state index is 9.52. The molecule has 0 aromatic heterocycles. The minimum absolute atomic E-state index is 0.384. The lowest BCUT2D eigenvalue weighted by atomic mass is 9.77. The zero-order chi connectivity index (χ0) is 15.5. The first-order valence-electron chi connectivity index (χ1n) is 7.79. The molecule has 1 unspecified atom stereocenters. The number of hydrogen-bond acceptors (Lipinski definition) is 3. The van der Waals surface area contributed by atoms with E-state index < -0.39 is 0 Å². The first kappa shape index (κ1) is 16.2. The van der Waals surface area contributed by atoms with Crippen LogP contribution in [0.1, 0.15) is 45.6 Å². The van der Waals surface area contributed by atoms with Gasteiger partial charge < -0.3 is 4.90 Å². The molecule has 1 aromatic carbocycles. The van der Waals surface area contributed by atoms with Crippen molar-refractivity contribution < 1.29 is 0 Å². The number of rotatable bonds is 2. The number of nitrogens with zero attached hydrogens (tertiary/aromatic N) is 2. The zero-order valence-electron chi connectivity index (χ0n) is 13.6. The number of anilines is 1. The third-order valence-electron chi connectivity index (χ3n) is 4.63. The molecule has 1 fully saturated rings. The first-order chi connectivity index (χ1) is 9.97. The fourth-order valence-corrected chi connectivity index (χ4v) is 3.84. The van der Waals surface area contributed by atoms with Crippen LogP contribution < -0.4 is 4.90 Å². The molecule has 0 aliphatic carbocycles. The van der Waals surface area contributed by atoms with Crippen molar-refractivity contribution in [2.45, 2.75) is 44.9 Å². The molecule has 2 rings (SSSR count). The van der Waals surface area contributed by atoms with Crippen molar-refractivity contribution >= 4 is 17.4 Å². The van der Waals surface area contributed by atoms with Crippen LogP contribution in [-0.4, -0.2) is 19.3 Å². The highest BCUT2D eigenvalue weighted by Gasteiger charge is 2.27. The SMILES string of the molecule is CSc1cccc(N2CCCC(C(C)(C)C)CC2)c1C#N. The van der Waals surface area contributed by atoms with Gasteiger partial charge in [-0.1, -0.05) is 26.8 Å².